The molecule has 200 valence electrons. The summed E-state index contributed by atoms with van der Waals surface area (Å²) >= 11 is 12.4. The molecule has 0 spiro atoms. The summed E-state index contributed by atoms with van der Waals surface area (Å²) in [6, 6.07) is 8.19. The maximum Gasteiger partial charge on any atom is 0.304 e. The Morgan fingerprint density at radius 3 is 2.46 bits per heavy atom. The van der Waals surface area contributed by atoms with Crippen LogP contribution in [0.25, 0.3) is 0 Å². The number of sulfonamides is 1. The van der Waals surface area contributed by atoms with Gasteiger partial charge in [0.15, 0.2) is 0 Å². The van der Waals surface area contributed by atoms with E-state index in [2.05, 4.69) is 9.71 Å². The van der Waals surface area contributed by atoms with Crippen LogP contribution in [0.2, 0.25) is 10.0 Å². The molecule has 2 fully saturated rings. The van der Waals surface area contributed by atoms with Crippen LogP contribution in [-0.4, -0.2) is 53.1 Å². The van der Waals surface area contributed by atoms with Gasteiger partial charge in [-0.1, -0.05) is 42.3 Å². The summed E-state index contributed by atoms with van der Waals surface area (Å²) < 4.78 is 27.3. The van der Waals surface area contributed by atoms with Crippen molar-refractivity contribution in [1.29, 1.82) is 0 Å². The number of carbonyl (C=O) groups excluding carboxylic acids is 1. The van der Waals surface area contributed by atoms with Crippen molar-refractivity contribution in [2.75, 3.05) is 6.54 Å². The summed E-state index contributed by atoms with van der Waals surface area (Å²) in [5, 5.41) is 10.3. The number of hydrogen-bond acceptors (Lipinski definition) is 5. The molecule has 1 aliphatic heterocycles. The number of amides is 1. The largest absolute Gasteiger partial charge is 0.481 e. The highest BCUT2D eigenvalue weighted by atomic mass is 35.5. The molecule has 4 rings (SSSR count). The number of piperidine rings is 1. The molecule has 37 heavy (non-hydrogen) atoms. The maximum atomic E-state index is 14.1. The summed E-state index contributed by atoms with van der Waals surface area (Å²) in [5.41, 5.74) is 0.456. The fourth-order valence-electron chi connectivity index (χ4n) is 5.30. The van der Waals surface area contributed by atoms with Gasteiger partial charge in [-0.3, -0.25) is 14.6 Å². The third-order valence-corrected chi connectivity index (χ3v) is 9.73. The summed E-state index contributed by atoms with van der Waals surface area (Å²) in [6.07, 6.45) is 4.87. The van der Waals surface area contributed by atoms with Crippen LogP contribution in [0.5, 0.6) is 0 Å². The number of aromatic nitrogens is 1. The third-order valence-electron chi connectivity index (χ3n) is 7.31. The predicted molar refractivity (Wildman–Crippen MR) is 142 cm³/mol. The Kier molecular flexibility index (Phi) is 8.19. The molecule has 1 aromatic carbocycles. The Labute approximate surface area is 227 Å². The average Bonchev–Trinajstić information content (AvgIpc) is 3.67. The third kappa shape index (κ3) is 6.28. The number of likely N-dealkylation sites (tertiary alicyclic amines) is 1. The van der Waals surface area contributed by atoms with Crippen LogP contribution < -0.4 is 4.72 Å². The van der Waals surface area contributed by atoms with E-state index >= 15 is 0 Å². The second kappa shape index (κ2) is 10.9. The van der Waals surface area contributed by atoms with Crippen LogP contribution in [0.4, 0.5) is 0 Å². The molecule has 4 atom stereocenters. The zero-order valence-electron chi connectivity index (χ0n) is 20.7. The van der Waals surface area contributed by atoms with E-state index in [1.54, 1.807) is 36.2 Å². The number of benzene rings is 1. The Bertz CT molecular complexity index is 1270. The van der Waals surface area contributed by atoms with Gasteiger partial charge in [-0.2, -0.15) is 0 Å². The van der Waals surface area contributed by atoms with Gasteiger partial charge in [0.05, 0.1) is 28.2 Å². The lowest BCUT2D eigenvalue weighted by molar-refractivity contribution is -0.160. The fourth-order valence-corrected chi connectivity index (χ4v) is 7.00. The number of aliphatic carboxylic acids is 1. The molecule has 0 bridgehead atoms. The molecule has 2 heterocycles. The second-order valence-electron chi connectivity index (χ2n) is 10.4. The van der Waals surface area contributed by atoms with Gasteiger partial charge >= 0.3 is 5.97 Å². The van der Waals surface area contributed by atoms with E-state index in [4.69, 9.17) is 23.2 Å². The Morgan fingerprint density at radius 2 is 1.86 bits per heavy atom. The van der Waals surface area contributed by atoms with Crippen LogP contribution >= 0.6 is 23.2 Å². The molecule has 11 heteroatoms. The molecule has 2 N–H and O–H groups in total. The van der Waals surface area contributed by atoms with E-state index in [-0.39, 0.29) is 36.5 Å². The van der Waals surface area contributed by atoms with Gasteiger partial charge in [-0.15, -0.1) is 0 Å². The standard InChI is InChI=1S/C26H31Cl2N3O5S/c1-16(9-10-30-37(35,36)21-7-8-21)31-24(17-3-5-19(27)6-4-17)22(18-11-20(28)15-29-14-18)12-26(2,25(31)34)13-23(32)33/h3-6,11,14-16,21-22,24,30H,7-10,12-13H2,1-2H3,(H,32,33)/t16-,22+,24+,26+/m0/s1. The van der Waals surface area contributed by atoms with Crippen LogP contribution in [0.3, 0.4) is 0 Å². The minimum Gasteiger partial charge on any atom is -0.481 e. The van der Waals surface area contributed by atoms with Crippen molar-refractivity contribution in [3.05, 3.63) is 63.9 Å². The van der Waals surface area contributed by atoms with Crippen molar-refractivity contribution >= 4 is 45.1 Å². The number of halogens is 2. The molecule has 2 aromatic rings. The fraction of sp³-hybridized carbons (Fsp3) is 0.500. The SMILES string of the molecule is C[C@@H](CCNS(=O)(=O)C1CC1)N1C(=O)[C@@](C)(CC(=O)O)C[C@H](c2cncc(Cl)c2)[C@H]1c1ccc(Cl)cc1. The molecular formula is C26H31Cl2N3O5S. The quantitative estimate of drug-likeness (QED) is 0.426. The lowest BCUT2D eigenvalue weighted by atomic mass is 9.67. The summed E-state index contributed by atoms with van der Waals surface area (Å²) in [7, 11) is -3.36. The van der Waals surface area contributed by atoms with E-state index in [0.717, 1.165) is 11.1 Å². The van der Waals surface area contributed by atoms with Gasteiger partial charge in [-0.05, 0) is 61.9 Å². The van der Waals surface area contributed by atoms with Crippen LogP contribution in [0.15, 0.2) is 42.7 Å². The van der Waals surface area contributed by atoms with Crippen molar-refractivity contribution in [2.24, 2.45) is 5.41 Å². The van der Waals surface area contributed by atoms with Gasteiger partial charge in [0.25, 0.3) is 0 Å². The highest BCUT2D eigenvalue weighted by Crippen LogP contribution is 2.52. The minimum atomic E-state index is -3.36. The van der Waals surface area contributed by atoms with E-state index in [1.807, 2.05) is 19.1 Å². The Morgan fingerprint density at radius 1 is 1.19 bits per heavy atom. The number of hydrogen-bond donors (Lipinski definition) is 2. The number of carbonyl (C=O) groups is 2. The number of rotatable bonds is 10. The van der Waals surface area contributed by atoms with Crippen LogP contribution in [0.1, 0.15) is 69.0 Å². The zero-order chi connectivity index (χ0) is 27.0. The van der Waals surface area contributed by atoms with Gasteiger partial charge in [-0.25, -0.2) is 13.1 Å². The van der Waals surface area contributed by atoms with Crippen molar-refractivity contribution in [3.8, 4) is 0 Å². The average molecular weight is 569 g/mol. The van der Waals surface area contributed by atoms with Gasteiger partial charge in [0.1, 0.15) is 0 Å². The van der Waals surface area contributed by atoms with Crippen LogP contribution in [0, 0.1) is 5.41 Å². The molecule has 2 aliphatic rings. The maximum absolute atomic E-state index is 14.1. The van der Waals surface area contributed by atoms with E-state index in [9.17, 15) is 23.1 Å². The van der Waals surface area contributed by atoms with Crippen LogP contribution in [-0.2, 0) is 19.6 Å². The minimum absolute atomic E-state index is 0.177. The number of nitrogens with one attached hydrogen (secondary N) is 1. The van der Waals surface area contributed by atoms with Crippen molar-refractivity contribution in [2.45, 2.75) is 69.2 Å². The molecule has 0 radical (unpaired) electrons. The number of carboxylic acids is 1. The van der Waals surface area contributed by atoms with E-state index < -0.39 is 33.5 Å². The number of pyridine rings is 1. The predicted octanol–water partition coefficient (Wildman–Crippen LogP) is 4.79. The van der Waals surface area contributed by atoms with Gasteiger partial charge < -0.3 is 10.0 Å². The molecule has 1 aliphatic carbocycles. The zero-order valence-corrected chi connectivity index (χ0v) is 23.1. The normalized spacial score (nSPS) is 25.2. The highest BCUT2D eigenvalue weighted by Gasteiger charge is 2.52. The Hall–Kier alpha value is -2.20. The van der Waals surface area contributed by atoms with Crippen molar-refractivity contribution < 1.29 is 23.1 Å². The molecule has 1 aromatic heterocycles. The number of carboxylic acid groups (broad SMARTS) is 1. The summed E-state index contributed by atoms with van der Waals surface area (Å²) in [5.74, 6) is -1.65. The van der Waals surface area contributed by atoms with Gasteiger partial charge in [0, 0.05) is 35.9 Å². The van der Waals surface area contributed by atoms with Gasteiger partial charge in [0.2, 0.25) is 15.9 Å². The first-order valence-electron chi connectivity index (χ1n) is 12.3. The van der Waals surface area contributed by atoms with E-state index in [0.29, 0.717) is 29.3 Å². The summed E-state index contributed by atoms with van der Waals surface area (Å²) in [6.45, 7) is 3.73. The molecule has 1 saturated carbocycles. The topological polar surface area (TPSA) is 117 Å². The number of nitrogens with zero attached hydrogens (tertiary/aromatic N) is 2. The smallest absolute Gasteiger partial charge is 0.304 e. The molecule has 1 saturated heterocycles. The second-order valence-corrected chi connectivity index (χ2v) is 13.3. The highest BCUT2D eigenvalue weighted by molar-refractivity contribution is 7.90. The lowest BCUT2D eigenvalue weighted by Crippen LogP contribution is -2.56. The molecular weight excluding hydrogens is 537 g/mol. The first kappa shape index (κ1) is 27.8. The molecule has 1 amide bonds. The van der Waals surface area contributed by atoms with Crippen molar-refractivity contribution in [1.82, 2.24) is 14.6 Å². The first-order chi connectivity index (χ1) is 17.4. The molecule has 0 unspecified atom stereocenters. The summed E-state index contributed by atoms with van der Waals surface area (Å²) in [4.78, 5) is 31.9. The monoisotopic (exact) mass is 567 g/mol. The lowest BCUT2D eigenvalue weighted by Gasteiger charge is -2.51. The van der Waals surface area contributed by atoms with Crippen molar-refractivity contribution in [3.63, 3.8) is 0 Å². The van der Waals surface area contributed by atoms with E-state index in [1.165, 1.54) is 6.20 Å². The first-order valence-corrected chi connectivity index (χ1v) is 14.6. The Balaban J connectivity index is 1.74. The molecule has 8 nitrogen and oxygen atoms in total.